The molecule has 1 spiro atoms. The molecule has 0 unspecified atom stereocenters. The lowest BCUT2D eigenvalue weighted by molar-refractivity contribution is 0.0952. The Hall–Kier alpha value is -2.01. The maximum atomic E-state index is 13.8. The van der Waals surface area contributed by atoms with Crippen molar-refractivity contribution in [3.8, 4) is 11.3 Å². The second-order valence-corrected chi connectivity index (χ2v) is 5.47. The molecule has 6 heteroatoms. The molecular formula is C14H9ClFN3O. The molecule has 4 rings (SSSR count). The van der Waals surface area contributed by atoms with E-state index in [1.807, 2.05) is 6.07 Å². The van der Waals surface area contributed by atoms with Gasteiger partial charge in [0.1, 0.15) is 5.69 Å². The normalized spacial score (nSPS) is 18.0. The molecule has 2 aromatic rings. The lowest BCUT2D eigenvalue weighted by atomic mass is 9.99. The van der Waals surface area contributed by atoms with Gasteiger partial charge in [0, 0.05) is 11.1 Å². The summed E-state index contributed by atoms with van der Waals surface area (Å²) in [6, 6.07) is 5.30. The highest BCUT2D eigenvalue weighted by Gasteiger charge is 2.52. The summed E-state index contributed by atoms with van der Waals surface area (Å²) >= 11 is 5.70. The van der Waals surface area contributed by atoms with Crippen molar-refractivity contribution in [2.45, 2.75) is 18.4 Å². The van der Waals surface area contributed by atoms with E-state index in [1.54, 1.807) is 12.1 Å². The summed E-state index contributed by atoms with van der Waals surface area (Å²) in [6.07, 6.45) is 2.94. The van der Waals surface area contributed by atoms with Crippen molar-refractivity contribution in [3.05, 3.63) is 46.6 Å². The lowest BCUT2D eigenvalue weighted by Crippen LogP contribution is -2.25. The van der Waals surface area contributed by atoms with Gasteiger partial charge in [-0.3, -0.25) is 4.79 Å². The lowest BCUT2D eigenvalue weighted by Gasteiger charge is -2.08. The van der Waals surface area contributed by atoms with Crippen LogP contribution in [0.3, 0.4) is 0 Å². The summed E-state index contributed by atoms with van der Waals surface area (Å²) in [4.78, 5) is 19.5. The molecule has 0 atom stereocenters. The molecule has 1 aliphatic carbocycles. The SMILES string of the molecule is O=C1NC2(CC2)c2ccc(-c3nc(Cl)ncc3F)cc21. The average molecular weight is 290 g/mol. The van der Waals surface area contributed by atoms with Crippen molar-refractivity contribution in [1.82, 2.24) is 15.3 Å². The summed E-state index contributed by atoms with van der Waals surface area (Å²) in [5.41, 5.74) is 2.05. The number of halogens is 2. The molecule has 1 saturated carbocycles. The number of carbonyl (C=O) groups excluding carboxylic acids is 1. The maximum absolute atomic E-state index is 13.8. The van der Waals surface area contributed by atoms with Gasteiger partial charge in [-0.05, 0) is 36.1 Å². The number of hydrogen-bond acceptors (Lipinski definition) is 3. The highest BCUT2D eigenvalue weighted by atomic mass is 35.5. The first-order valence-electron chi connectivity index (χ1n) is 6.24. The molecule has 2 heterocycles. The van der Waals surface area contributed by atoms with E-state index in [0.717, 1.165) is 24.6 Å². The molecule has 4 nitrogen and oxygen atoms in total. The fourth-order valence-electron chi connectivity index (χ4n) is 2.72. The third-order valence-electron chi connectivity index (χ3n) is 3.87. The van der Waals surface area contributed by atoms with Crippen LogP contribution >= 0.6 is 11.6 Å². The van der Waals surface area contributed by atoms with Gasteiger partial charge in [0.05, 0.1) is 11.7 Å². The number of rotatable bonds is 1. The molecule has 2 aliphatic rings. The van der Waals surface area contributed by atoms with Gasteiger partial charge < -0.3 is 5.32 Å². The number of hydrogen-bond donors (Lipinski definition) is 1. The fraction of sp³-hybridized carbons (Fsp3) is 0.214. The second kappa shape index (κ2) is 3.76. The Balaban J connectivity index is 1.87. The van der Waals surface area contributed by atoms with Crippen LogP contribution in [0.5, 0.6) is 0 Å². The molecule has 1 aromatic heterocycles. The number of nitrogens with one attached hydrogen (secondary N) is 1. The van der Waals surface area contributed by atoms with Crippen molar-refractivity contribution in [1.29, 1.82) is 0 Å². The van der Waals surface area contributed by atoms with E-state index in [4.69, 9.17) is 11.6 Å². The van der Waals surface area contributed by atoms with Crippen molar-refractivity contribution in [3.63, 3.8) is 0 Å². The first-order chi connectivity index (χ1) is 9.59. The van der Waals surface area contributed by atoms with E-state index in [1.165, 1.54) is 0 Å². The molecule has 100 valence electrons. The molecule has 0 saturated heterocycles. The van der Waals surface area contributed by atoms with Gasteiger partial charge in [0.2, 0.25) is 5.28 Å². The molecule has 1 amide bonds. The number of carbonyl (C=O) groups is 1. The molecule has 0 bridgehead atoms. The zero-order chi connectivity index (χ0) is 13.9. The van der Waals surface area contributed by atoms with Crippen LogP contribution in [0.2, 0.25) is 5.28 Å². The molecular weight excluding hydrogens is 281 g/mol. The van der Waals surface area contributed by atoms with Crippen LogP contribution in [0.25, 0.3) is 11.3 Å². The summed E-state index contributed by atoms with van der Waals surface area (Å²) in [6.45, 7) is 0. The highest BCUT2D eigenvalue weighted by molar-refractivity contribution is 6.28. The average Bonchev–Trinajstić information content (AvgIpc) is 3.15. The van der Waals surface area contributed by atoms with Gasteiger partial charge in [-0.2, -0.15) is 0 Å². The van der Waals surface area contributed by atoms with Crippen LogP contribution in [0.15, 0.2) is 24.4 Å². The van der Waals surface area contributed by atoms with Gasteiger partial charge in [0.15, 0.2) is 5.82 Å². The van der Waals surface area contributed by atoms with Crippen LogP contribution in [0.4, 0.5) is 4.39 Å². The fourth-order valence-corrected chi connectivity index (χ4v) is 2.85. The van der Waals surface area contributed by atoms with Crippen molar-refractivity contribution < 1.29 is 9.18 Å². The van der Waals surface area contributed by atoms with Crippen LogP contribution in [0.1, 0.15) is 28.8 Å². The number of nitrogens with zero attached hydrogens (tertiary/aromatic N) is 2. The first kappa shape index (κ1) is 11.8. The molecule has 1 aliphatic heterocycles. The van der Waals surface area contributed by atoms with E-state index in [0.29, 0.717) is 11.1 Å². The summed E-state index contributed by atoms with van der Waals surface area (Å²) < 4.78 is 13.8. The minimum absolute atomic E-state index is 0.0231. The van der Waals surface area contributed by atoms with Crippen LogP contribution in [-0.2, 0) is 5.54 Å². The Morgan fingerprint density at radius 3 is 2.90 bits per heavy atom. The minimum Gasteiger partial charge on any atom is -0.342 e. The zero-order valence-electron chi connectivity index (χ0n) is 10.3. The predicted molar refractivity (Wildman–Crippen MR) is 70.8 cm³/mol. The predicted octanol–water partition coefficient (Wildman–Crippen LogP) is 2.67. The third kappa shape index (κ3) is 1.56. The highest BCUT2D eigenvalue weighted by Crippen LogP contribution is 2.50. The van der Waals surface area contributed by atoms with Crippen molar-refractivity contribution in [2.75, 3.05) is 0 Å². The van der Waals surface area contributed by atoms with Crippen molar-refractivity contribution >= 4 is 17.5 Å². The minimum atomic E-state index is -0.561. The molecule has 20 heavy (non-hydrogen) atoms. The largest absolute Gasteiger partial charge is 0.342 e. The van der Waals surface area contributed by atoms with E-state index >= 15 is 0 Å². The standard InChI is InChI=1S/C14H9ClFN3O/c15-13-17-6-10(16)11(18-13)7-1-2-9-8(5-7)12(20)19-14(9)3-4-14/h1-2,5-6H,3-4H2,(H,19,20). The second-order valence-electron chi connectivity index (χ2n) is 5.13. The number of benzene rings is 1. The molecule has 1 fully saturated rings. The van der Waals surface area contributed by atoms with E-state index in [9.17, 15) is 9.18 Å². The smallest absolute Gasteiger partial charge is 0.252 e. The summed E-state index contributed by atoms with van der Waals surface area (Å²) in [7, 11) is 0. The van der Waals surface area contributed by atoms with Crippen LogP contribution < -0.4 is 5.32 Å². The van der Waals surface area contributed by atoms with Gasteiger partial charge >= 0.3 is 0 Å². The first-order valence-corrected chi connectivity index (χ1v) is 6.62. The topological polar surface area (TPSA) is 54.9 Å². The summed E-state index contributed by atoms with van der Waals surface area (Å²) in [5.74, 6) is -0.672. The molecule has 1 aromatic carbocycles. The van der Waals surface area contributed by atoms with Gasteiger partial charge in [-0.15, -0.1) is 0 Å². The van der Waals surface area contributed by atoms with Crippen molar-refractivity contribution in [2.24, 2.45) is 0 Å². The Morgan fingerprint density at radius 1 is 1.35 bits per heavy atom. The monoisotopic (exact) mass is 289 g/mol. The van der Waals surface area contributed by atoms with E-state index in [2.05, 4.69) is 15.3 Å². The van der Waals surface area contributed by atoms with E-state index in [-0.39, 0.29) is 22.4 Å². The zero-order valence-corrected chi connectivity index (χ0v) is 11.0. The number of fused-ring (bicyclic) bond motifs is 2. The Bertz CT molecular complexity index is 758. The number of amides is 1. The Morgan fingerprint density at radius 2 is 2.15 bits per heavy atom. The van der Waals surface area contributed by atoms with Crippen LogP contribution in [0, 0.1) is 5.82 Å². The van der Waals surface area contributed by atoms with E-state index < -0.39 is 5.82 Å². The Labute approximate surface area is 119 Å². The van der Waals surface area contributed by atoms with Gasteiger partial charge in [-0.1, -0.05) is 12.1 Å². The van der Waals surface area contributed by atoms with Gasteiger partial charge in [0.25, 0.3) is 5.91 Å². The third-order valence-corrected chi connectivity index (χ3v) is 4.05. The number of aromatic nitrogens is 2. The summed E-state index contributed by atoms with van der Waals surface area (Å²) in [5, 5.41) is 2.96. The van der Waals surface area contributed by atoms with Gasteiger partial charge in [-0.25, -0.2) is 14.4 Å². The molecule has 0 radical (unpaired) electrons. The van der Waals surface area contributed by atoms with Crippen LogP contribution in [-0.4, -0.2) is 15.9 Å². The quantitative estimate of drug-likeness (QED) is 0.821. The Kier molecular flexibility index (Phi) is 2.22. The maximum Gasteiger partial charge on any atom is 0.252 e. The molecule has 1 N–H and O–H groups in total.